The maximum absolute atomic E-state index is 10.8. The van der Waals surface area contributed by atoms with Crippen LogP contribution >= 0.6 is 0 Å². The molecular weight excluding hydrogens is 546 g/mol. The van der Waals surface area contributed by atoms with Gasteiger partial charge in [-0.1, -0.05) is 0 Å². The van der Waals surface area contributed by atoms with Crippen LogP contribution in [0.25, 0.3) is 0 Å². The van der Waals surface area contributed by atoms with E-state index in [-0.39, 0.29) is 0 Å². The average Bonchev–Trinajstić information content (AvgIpc) is 2.88. The Labute approximate surface area is 219 Å². The van der Waals surface area contributed by atoms with Crippen molar-refractivity contribution in [2.75, 3.05) is 19.8 Å². The first-order valence-corrected chi connectivity index (χ1v) is 12.5. The second-order valence-corrected chi connectivity index (χ2v) is 8.94. The first-order valence-electron chi connectivity index (χ1n) is 11.2. The van der Waals surface area contributed by atoms with Crippen LogP contribution in [-0.4, -0.2) is 153 Å². The van der Waals surface area contributed by atoms with Crippen molar-refractivity contribution < 1.29 is 90.3 Å². The fraction of sp³-hybridized carbons (Fsp3) is 1.00. The van der Waals surface area contributed by atoms with Crippen molar-refractivity contribution in [3.05, 3.63) is 0 Å². The summed E-state index contributed by atoms with van der Waals surface area (Å²) in [7, 11) is 0. The van der Waals surface area contributed by atoms with Crippen LogP contribution in [0.5, 0.6) is 0 Å². The van der Waals surface area contributed by atoms with Gasteiger partial charge in [-0.3, -0.25) is 0 Å². The molecule has 0 bridgehead atoms. The van der Waals surface area contributed by atoms with Gasteiger partial charge in [0.15, 0.2) is 18.9 Å². The summed E-state index contributed by atoms with van der Waals surface area (Å²) in [6.45, 7) is -2.00. The molecule has 0 amide bonds. The zero-order valence-corrected chi connectivity index (χ0v) is 21.0. The Balaban J connectivity index is 0.00000153. The number of hydrogen-bond acceptors (Lipinski definition) is 18. The maximum atomic E-state index is 10.8. The molecule has 0 aromatic heterocycles. The normalized spacial score (nSPS) is 48.5. The van der Waals surface area contributed by atoms with E-state index < -0.39 is 131 Å². The van der Waals surface area contributed by atoms with Crippen LogP contribution in [0.2, 0.25) is 0 Å². The Morgan fingerprint density at radius 1 is 0.595 bits per heavy atom. The predicted octanol–water partition coefficient (Wildman–Crippen LogP) is -7.91. The Bertz CT molecular complexity index is 732. The van der Waals surface area contributed by atoms with E-state index in [2.05, 4.69) is 0 Å². The van der Waals surface area contributed by atoms with Crippen LogP contribution < -0.4 is 17.2 Å². The molecule has 3 saturated heterocycles. The molecule has 15 atom stereocenters. The third-order valence-electron chi connectivity index (χ3n) is 6.33. The Morgan fingerprint density at radius 2 is 0.973 bits per heavy atom. The molecule has 0 aromatic rings. The van der Waals surface area contributed by atoms with Gasteiger partial charge in [0.25, 0.3) is 0 Å². The minimum atomic E-state index is -2.00. The molecule has 3 rings (SSSR count). The van der Waals surface area contributed by atoms with Gasteiger partial charge in [0.05, 0.1) is 37.9 Å². The van der Waals surface area contributed by atoms with Crippen LogP contribution in [0.1, 0.15) is 0 Å². The van der Waals surface area contributed by atoms with E-state index in [1.54, 1.807) is 0 Å². The van der Waals surface area contributed by atoms with E-state index in [0.717, 1.165) is 0 Å². The number of aliphatic hydroxyl groups excluding tert-OH is 8. The van der Waals surface area contributed by atoms with Crippen molar-refractivity contribution in [1.82, 2.24) is 0 Å². The van der Waals surface area contributed by atoms with Gasteiger partial charge in [0, 0.05) is 0 Å². The molecular formula is C18H35N3O15Ti. The molecule has 3 fully saturated rings. The van der Waals surface area contributed by atoms with Crippen molar-refractivity contribution in [3.8, 4) is 0 Å². The van der Waals surface area contributed by atoms with E-state index in [0.29, 0.717) is 0 Å². The SMILES string of the molecule is NC1C(O)O[C@H](CO)C(O[C@@H]2O[C@H](CO)C(O[C@@H]3O[C@H](CO)[C@@H](O)[C@H](O)[C@H]3N)[C@H](O)C2N)C1O.[O]=[Ti]=[O]. The number of rotatable bonds is 7. The van der Waals surface area contributed by atoms with E-state index in [9.17, 15) is 40.9 Å². The second-order valence-electron chi connectivity index (χ2n) is 8.68. The van der Waals surface area contributed by atoms with E-state index in [1.165, 1.54) is 0 Å². The van der Waals surface area contributed by atoms with Gasteiger partial charge in [0.2, 0.25) is 0 Å². The van der Waals surface area contributed by atoms with E-state index >= 15 is 0 Å². The Hall–Kier alpha value is -0.326. The van der Waals surface area contributed by atoms with Gasteiger partial charge in [-0.15, -0.1) is 0 Å². The average molecular weight is 581 g/mol. The summed E-state index contributed by atoms with van der Waals surface area (Å²) in [6.07, 6.45) is -16.8. The molecule has 14 N–H and O–H groups in total. The molecule has 0 radical (unpaired) electrons. The molecule has 3 heterocycles. The van der Waals surface area contributed by atoms with Crippen LogP contribution in [-0.2, 0) is 49.4 Å². The summed E-state index contributed by atoms with van der Waals surface area (Å²) < 4.78 is 44.4. The van der Waals surface area contributed by atoms with Gasteiger partial charge in [0.1, 0.15) is 54.9 Å². The zero-order chi connectivity index (χ0) is 28.0. The molecule has 0 saturated carbocycles. The zero-order valence-electron chi connectivity index (χ0n) is 19.4. The van der Waals surface area contributed by atoms with Gasteiger partial charge >= 0.3 is 25.7 Å². The van der Waals surface area contributed by atoms with Crippen molar-refractivity contribution in [3.63, 3.8) is 0 Å². The van der Waals surface area contributed by atoms with Gasteiger partial charge < -0.3 is 81.7 Å². The molecule has 18 nitrogen and oxygen atoms in total. The molecule has 19 heteroatoms. The standard InChI is InChI=1S/C18H35N3O13.2O.Ti/c19-7-12(27)14(5(2-23)30-16(7)29)33-18-9(21)13(28)15(6(3-24)32-18)34-17-8(20)11(26)10(25)4(1-22)31-17;;;/h4-18,22-29H,1-3,19-21H2;;;/t4-,5-,6-,7?,8-,9?,10-,11-,12?,13-,14?,15?,16?,17+,18+;;;/m1.../s1. The van der Waals surface area contributed by atoms with Crippen molar-refractivity contribution in [1.29, 1.82) is 0 Å². The predicted molar refractivity (Wildman–Crippen MR) is 109 cm³/mol. The molecule has 3 aliphatic heterocycles. The van der Waals surface area contributed by atoms with Gasteiger partial charge in [-0.25, -0.2) is 0 Å². The Morgan fingerprint density at radius 3 is 1.43 bits per heavy atom. The molecule has 6 unspecified atom stereocenters. The number of nitrogens with two attached hydrogens (primary N) is 3. The fourth-order valence-electron chi connectivity index (χ4n) is 4.18. The molecule has 3 aliphatic rings. The topological polar surface area (TPSA) is 320 Å². The number of ether oxygens (including phenoxy) is 5. The summed E-state index contributed by atoms with van der Waals surface area (Å²) in [5.74, 6) is 0. The first kappa shape index (κ1) is 32.9. The van der Waals surface area contributed by atoms with Crippen molar-refractivity contribution in [2.45, 2.75) is 91.9 Å². The van der Waals surface area contributed by atoms with Gasteiger partial charge in [-0.05, 0) is 0 Å². The fourth-order valence-corrected chi connectivity index (χ4v) is 4.18. The Kier molecular flexibility index (Phi) is 13.2. The molecule has 0 aliphatic carbocycles. The van der Waals surface area contributed by atoms with Gasteiger partial charge in [-0.2, -0.15) is 0 Å². The molecule has 37 heavy (non-hydrogen) atoms. The summed E-state index contributed by atoms with van der Waals surface area (Å²) in [5, 5.41) is 79.6. The number of aliphatic hydroxyl groups is 8. The number of hydrogen-bond donors (Lipinski definition) is 11. The third kappa shape index (κ3) is 7.45. The van der Waals surface area contributed by atoms with Crippen LogP contribution in [0.15, 0.2) is 0 Å². The minimum absolute atomic E-state index is 0.651. The monoisotopic (exact) mass is 581 g/mol. The third-order valence-corrected chi connectivity index (χ3v) is 6.33. The van der Waals surface area contributed by atoms with Crippen LogP contribution in [0.4, 0.5) is 0 Å². The summed E-state index contributed by atoms with van der Waals surface area (Å²) >= 11 is -2.00. The first-order chi connectivity index (χ1) is 17.5. The summed E-state index contributed by atoms with van der Waals surface area (Å²) in [4.78, 5) is 0. The molecule has 216 valence electrons. The molecule has 0 spiro atoms. The quantitative estimate of drug-likeness (QED) is 0.124. The molecule has 0 aromatic carbocycles. The summed E-state index contributed by atoms with van der Waals surface area (Å²) in [5.41, 5.74) is 17.6. The second kappa shape index (κ2) is 14.9. The van der Waals surface area contributed by atoms with E-state index in [1.807, 2.05) is 0 Å². The van der Waals surface area contributed by atoms with Crippen LogP contribution in [0, 0.1) is 0 Å². The van der Waals surface area contributed by atoms with Crippen LogP contribution in [0.3, 0.4) is 0 Å². The van der Waals surface area contributed by atoms with Crippen molar-refractivity contribution >= 4 is 0 Å². The summed E-state index contributed by atoms with van der Waals surface area (Å²) in [6, 6.07) is -3.87. The van der Waals surface area contributed by atoms with E-state index in [4.69, 9.17) is 47.5 Å². The van der Waals surface area contributed by atoms with Crippen molar-refractivity contribution in [2.24, 2.45) is 17.2 Å².